The third-order valence-corrected chi connectivity index (χ3v) is 6.32. The van der Waals surface area contributed by atoms with Crippen LogP contribution in [-0.2, 0) is 4.79 Å². The van der Waals surface area contributed by atoms with Gasteiger partial charge in [0.15, 0.2) is 11.9 Å². The molecule has 3 N–H and O–H groups in total. The van der Waals surface area contributed by atoms with Gasteiger partial charge in [-0.25, -0.2) is 9.50 Å². The fraction of sp³-hybridized carbons (Fsp3) is 0.0909. The standard InChI is InChI=1S/C10H6BrN3S.C7H7N3S.C5H8BrNO/c11-8-3-12-10-9(4-13-14(10)5-8)7-1-2-15-6-7;8-7-6(3-9-10-7)5-1-2-11-4-5;1-7(2)3-5(6)4-8/h1-6H;1-4H,(H3,8,9,10);3-4H,1-2H3/b;;5-3+. The summed E-state index contributed by atoms with van der Waals surface area (Å²) in [7, 11) is 3.70. The van der Waals surface area contributed by atoms with Gasteiger partial charge in [-0.2, -0.15) is 32.9 Å². The maximum absolute atomic E-state index is 9.90. The Bertz CT molecular complexity index is 1340. The Labute approximate surface area is 221 Å². The number of nitrogen functional groups attached to an aromatic ring is 1. The number of aromatic amines is 1. The summed E-state index contributed by atoms with van der Waals surface area (Å²) < 4.78 is 3.26. The van der Waals surface area contributed by atoms with Crippen molar-refractivity contribution in [2.75, 3.05) is 19.8 Å². The Morgan fingerprint density at radius 2 is 1.79 bits per heavy atom. The van der Waals surface area contributed by atoms with E-state index < -0.39 is 0 Å². The van der Waals surface area contributed by atoms with E-state index in [4.69, 9.17) is 5.73 Å². The van der Waals surface area contributed by atoms with Crippen molar-refractivity contribution in [3.05, 3.63) is 73.6 Å². The van der Waals surface area contributed by atoms with Crippen molar-refractivity contribution in [3.63, 3.8) is 0 Å². The lowest BCUT2D eigenvalue weighted by molar-refractivity contribution is -0.104. The Balaban J connectivity index is 0.000000152. The number of nitrogens with one attached hydrogen (secondary N) is 1. The van der Waals surface area contributed by atoms with E-state index >= 15 is 0 Å². The van der Waals surface area contributed by atoms with Crippen molar-refractivity contribution in [2.45, 2.75) is 0 Å². The average Bonchev–Trinajstić information content (AvgIpc) is 3.60. The lowest BCUT2D eigenvalue weighted by atomic mass is 10.2. The SMILES string of the molecule is Brc1cnc2c(-c3ccsc3)cnn2c1.CN(C)/C=C(/Br)C=O.Nc1[nH]ncc1-c1ccsc1. The van der Waals surface area contributed by atoms with Gasteiger partial charge >= 0.3 is 0 Å². The Morgan fingerprint density at radius 3 is 2.29 bits per heavy atom. The number of carbonyl (C=O) groups is 1. The van der Waals surface area contributed by atoms with Gasteiger partial charge in [0.05, 0.1) is 21.3 Å². The molecule has 0 amide bonds. The topological polar surface area (TPSA) is 105 Å². The van der Waals surface area contributed by atoms with Gasteiger partial charge in [0.1, 0.15) is 5.82 Å². The van der Waals surface area contributed by atoms with Crippen molar-refractivity contribution in [2.24, 2.45) is 0 Å². The fourth-order valence-electron chi connectivity index (χ4n) is 2.69. The summed E-state index contributed by atoms with van der Waals surface area (Å²) in [5, 5.41) is 19.0. The summed E-state index contributed by atoms with van der Waals surface area (Å²) in [4.78, 5) is 16.0. The van der Waals surface area contributed by atoms with Crippen LogP contribution in [0.25, 0.3) is 27.9 Å². The molecule has 0 atom stereocenters. The van der Waals surface area contributed by atoms with Gasteiger partial charge in [0.25, 0.3) is 0 Å². The number of carbonyl (C=O) groups excluding carboxylic acids is 1. The van der Waals surface area contributed by atoms with Crippen molar-refractivity contribution in [1.82, 2.24) is 29.7 Å². The quantitative estimate of drug-likeness (QED) is 0.190. The largest absolute Gasteiger partial charge is 0.384 e. The minimum atomic E-state index is 0.558. The van der Waals surface area contributed by atoms with Gasteiger partial charge < -0.3 is 10.6 Å². The van der Waals surface area contributed by atoms with Crippen molar-refractivity contribution in [3.8, 4) is 22.3 Å². The van der Waals surface area contributed by atoms with Crippen LogP contribution in [0.5, 0.6) is 0 Å². The Kier molecular flexibility index (Phi) is 9.57. The predicted octanol–water partition coefficient (Wildman–Crippen LogP) is 5.92. The third-order valence-electron chi connectivity index (χ3n) is 4.15. The molecule has 8 nitrogen and oxygen atoms in total. The summed E-state index contributed by atoms with van der Waals surface area (Å²) in [6.07, 6.45) is 9.70. The van der Waals surface area contributed by atoms with Crippen molar-refractivity contribution in [1.29, 1.82) is 0 Å². The van der Waals surface area contributed by atoms with E-state index in [1.54, 1.807) is 50.7 Å². The molecule has 0 bridgehead atoms. The first-order chi connectivity index (χ1) is 16.4. The highest BCUT2D eigenvalue weighted by Crippen LogP contribution is 2.26. The Morgan fingerprint density at radius 1 is 1.12 bits per heavy atom. The second-order valence-electron chi connectivity index (χ2n) is 6.92. The lowest BCUT2D eigenvalue weighted by Crippen LogP contribution is -2.01. The van der Waals surface area contributed by atoms with E-state index in [2.05, 4.69) is 69.0 Å². The van der Waals surface area contributed by atoms with Crippen LogP contribution < -0.4 is 5.73 Å². The molecule has 0 unspecified atom stereocenters. The van der Waals surface area contributed by atoms with Crippen molar-refractivity contribution >= 4 is 72.3 Å². The Hall–Kier alpha value is -2.80. The molecule has 0 fully saturated rings. The number of nitrogens with zero attached hydrogens (tertiary/aromatic N) is 5. The van der Waals surface area contributed by atoms with Crippen LogP contribution in [0.4, 0.5) is 5.82 Å². The normalized spacial score (nSPS) is 10.8. The van der Waals surface area contributed by atoms with E-state index in [0.717, 1.165) is 33.1 Å². The molecule has 0 saturated carbocycles. The summed E-state index contributed by atoms with van der Waals surface area (Å²) in [6.45, 7) is 0. The maximum Gasteiger partial charge on any atom is 0.162 e. The number of allylic oxidation sites excluding steroid dienone is 1. The van der Waals surface area contributed by atoms with Gasteiger partial charge in [-0.15, -0.1) is 0 Å². The number of hydrogen-bond acceptors (Lipinski definition) is 8. The summed E-state index contributed by atoms with van der Waals surface area (Å²) in [6, 6.07) is 4.09. The smallest absolute Gasteiger partial charge is 0.162 e. The molecular formula is C22H21Br2N7OS2. The minimum absolute atomic E-state index is 0.558. The molecular weight excluding hydrogens is 602 g/mol. The van der Waals surface area contributed by atoms with Crippen LogP contribution >= 0.6 is 54.5 Å². The molecule has 12 heteroatoms. The van der Waals surface area contributed by atoms with Crippen LogP contribution in [0.2, 0.25) is 0 Å². The molecule has 5 heterocycles. The van der Waals surface area contributed by atoms with Crippen LogP contribution in [0.1, 0.15) is 0 Å². The van der Waals surface area contributed by atoms with Gasteiger partial charge in [-0.3, -0.25) is 9.89 Å². The van der Waals surface area contributed by atoms with Crippen molar-refractivity contribution < 1.29 is 4.79 Å². The number of rotatable bonds is 4. The molecule has 0 aromatic carbocycles. The molecule has 0 aliphatic heterocycles. The molecule has 0 aliphatic carbocycles. The first kappa shape index (κ1) is 25.8. The second-order valence-corrected chi connectivity index (χ2v) is 10.3. The second kappa shape index (κ2) is 12.6. The highest BCUT2D eigenvalue weighted by atomic mass is 79.9. The first-order valence-electron chi connectivity index (χ1n) is 9.70. The zero-order valence-electron chi connectivity index (χ0n) is 18.2. The molecule has 34 heavy (non-hydrogen) atoms. The summed E-state index contributed by atoms with van der Waals surface area (Å²) in [5.41, 5.74) is 10.9. The molecule has 0 aliphatic rings. The number of thiophene rings is 2. The van der Waals surface area contributed by atoms with Crippen LogP contribution in [-0.4, -0.2) is 50.1 Å². The summed E-state index contributed by atoms with van der Waals surface area (Å²) in [5.74, 6) is 0.628. The van der Waals surface area contributed by atoms with E-state index in [-0.39, 0.29) is 0 Å². The molecule has 0 saturated heterocycles. The number of aromatic nitrogens is 5. The van der Waals surface area contributed by atoms with Crippen LogP contribution in [0, 0.1) is 0 Å². The highest BCUT2D eigenvalue weighted by Gasteiger charge is 2.08. The monoisotopic (exact) mass is 621 g/mol. The van der Waals surface area contributed by atoms with Gasteiger partial charge in [0, 0.05) is 43.8 Å². The van der Waals surface area contributed by atoms with Gasteiger partial charge in [-0.05, 0) is 76.6 Å². The van der Waals surface area contributed by atoms with E-state index in [0.29, 0.717) is 10.3 Å². The minimum Gasteiger partial charge on any atom is -0.384 e. The molecule has 5 aromatic rings. The van der Waals surface area contributed by atoms with Crippen LogP contribution in [0.3, 0.4) is 0 Å². The summed E-state index contributed by atoms with van der Waals surface area (Å²) >= 11 is 9.72. The van der Waals surface area contributed by atoms with Gasteiger partial charge in [0.2, 0.25) is 0 Å². The number of anilines is 1. The third kappa shape index (κ3) is 7.10. The van der Waals surface area contributed by atoms with E-state index in [1.807, 2.05) is 43.3 Å². The zero-order chi connectivity index (χ0) is 24.5. The molecule has 0 spiro atoms. The molecule has 0 radical (unpaired) electrons. The number of fused-ring (bicyclic) bond motifs is 1. The average molecular weight is 623 g/mol. The zero-order valence-corrected chi connectivity index (χ0v) is 23.0. The molecule has 176 valence electrons. The molecule has 5 aromatic heterocycles. The highest BCUT2D eigenvalue weighted by molar-refractivity contribution is 9.12. The van der Waals surface area contributed by atoms with E-state index in [1.165, 1.54) is 5.56 Å². The first-order valence-corrected chi connectivity index (χ1v) is 13.2. The number of nitrogens with two attached hydrogens (primary N) is 1. The number of hydrogen-bond donors (Lipinski definition) is 2. The predicted molar refractivity (Wildman–Crippen MR) is 147 cm³/mol. The lowest BCUT2D eigenvalue weighted by Gasteiger charge is -2.01. The number of H-pyrrole nitrogens is 1. The van der Waals surface area contributed by atoms with Gasteiger partial charge in [-0.1, -0.05) is 0 Å². The van der Waals surface area contributed by atoms with E-state index in [9.17, 15) is 4.79 Å². The number of halogens is 2. The maximum atomic E-state index is 9.90. The molecule has 5 rings (SSSR count). The number of aldehydes is 1. The fourth-order valence-corrected chi connectivity index (χ4v) is 4.71. The van der Waals surface area contributed by atoms with Crippen LogP contribution in [0.15, 0.2) is 73.6 Å².